The van der Waals surface area contributed by atoms with Crippen molar-refractivity contribution >= 4 is 45.8 Å². The average Bonchev–Trinajstić information content (AvgIpc) is 2.99. The number of carbonyl (C=O) groups excluding carboxylic acids is 2. The largest absolute Gasteiger partial charge is 0.462 e. The fourth-order valence-electron chi connectivity index (χ4n) is 1.93. The summed E-state index contributed by atoms with van der Waals surface area (Å²) in [6, 6.07) is 6.77. The van der Waals surface area contributed by atoms with Crippen LogP contribution in [0.2, 0.25) is 0 Å². The van der Waals surface area contributed by atoms with Crippen LogP contribution in [0.1, 0.15) is 38.1 Å². The minimum atomic E-state index is -0.460. The van der Waals surface area contributed by atoms with Crippen molar-refractivity contribution in [1.29, 1.82) is 0 Å². The lowest BCUT2D eigenvalue weighted by Crippen LogP contribution is -2.25. The Balaban J connectivity index is 1.93. The zero-order valence-corrected chi connectivity index (χ0v) is 16.8. The highest BCUT2D eigenvalue weighted by Gasteiger charge is 2.16. The van der Waals surface area contributed by atoms with Gasteiger partial charge in [-0.2, -0.15) is 0 Å². The van der Waals surface area contributed by atoms with Crippen molar-refractivity contribution < 1.29 is 14.3 Å². The number of thioether (sulfide) groups is 1. The number of para-hydroxylation sites is 1. The van der Waals surface area contributed by atoms with Gasteiger partial charge in [-0.05, 0) is 39.8 Å². The van der Waals surface area contributed by atoms with Gasteiger partial charge in [0, 0.05) is 5.54 Å². The Hall–Kier alpha value is -2.13. The minimum absolute atomic E-state index is 0.102. The Bertz CT molecular complexity index is 771. The van der Waals surface area contributed by atoms with E-state index in [0.29, 0.717) is 20.7 Å². The summed E-state index contributed by atoms with van der Waals surface area (Å²) in [5.41, 5.74) is 0.666. The number of hydrogen-bond donors (Lipinski definition) is 2. The van der Waals surface area contributed by atoms with Gasteiger partial charge in [-0.3, -0.25) is 4.79 Å². The van der Waals surface area contributed by atoms with E-state index < -0.39 is 5.97 Å². The first-order valence-corrected chi connectivity index (χ1v) is 9.89. The van der Waals surface area contributed by atoms with Gasteiger partial charge in [0.2, 0.25) is 11.0 Å². The molecule has 2 rings (SSSR count). The van der Waals surface area contributed by atoms with Crippen molar-refractivity contribution in [3.05, 3.63) is 29.8 Å². The number of aromatic nitrogens is 2. The Morgan fingerprint density at radius 1 is 1.23 bits per heavy atom. The third-order valence-electron chi connectivity index (χ3n) is 2.91. The highest BCUT2D eigenvalue weighted by atomic mass is 32.2. The number of nitrogens with one attached hydrogen (secondary N) is 2. The molecule has 1 heterocycles. The summed E-state index contributed by atoms with van der Waals surface area (Å²) in [4.78, 5) is 24.2. The normalized spacial score (nSPS) is 11.1. The number of esters is 1. The van der Waals surface area contributed by atoms with E-state index in [1.807, 2.05) is 20.8 Å². The van der Waals surface area contributed by atoms with Gasteiger partial charge in [-0.25, -0.2) is 4.79 Å². The average molecular weight is 395 g/mol. The number of hydrogen-bond acceptors (Lipinski definition) is 8. The summed E-state index contributed by atoms with van der Waals surface area (Å²) in [6.45, 7) is 8.13. The molecule has 1 aromatic carbocycles. The van der Waals surface area contributed by atoms with Crippen molar-refractivity contribution in [3.8, 4) is 0 Å². The quantitative estimate of drug-likeness (QED) is 0.547. The molecule has 26 heavy (non-hydrogen) atoms. The van der Waals surface area contributed by atoms with Crippen LogP contribution >= 0.6 is 23.1 Å². The van der Waals surface area contributed by atoms with Crippen LogP contribution in [0.4, 0.5) is 10.8 Å². The summed E-state index contributed by atoms with van der Waals surface area (Å²) < 4.78 is 5.70. The maximum Gasteiger partial charge on any atom is 0.340 e. The minimum Gasteiger partial charge on any atom is -0.462 e. The Labute approximate surface area is 160 Å². The third-order valence-corrected chi connectivity index (χ3v) is 4.88. The van der Waals surface area contributed by atoms with Gasteiger partial charge in [-0.15, -0.1) is 10.2 Å². The number of carbonyl (C=O) groups is 2. The fraction of sp³-hybridized carbons (Fsp3) is 0.412. The predicted octanol–water partition coefficient (Wildman–Crippen LogP) is 3.66. The molecule has 0 saturated carbocycles. The van der Waals surface area contributed by atoms with Crippen LogP contribution in [-0.2, 0) is 9.53 Å². The second-order valence-electron chi connectivity index (χ2n) is 6.35. The van der Waals surface area contributed by atoms with Crippen LogP contribution in [0.3, 0.4) is 0 Å². The van der Waals surface area contributed by atoms with Crippen molar-refractivity contribution in [2.45, 2.75) is 37.6 Å². The zero-order chi connectivity index (χ0) is 19.2. The second kappa shape index (κ2) is 9.00. The first-order valence-electron chi connectivity index (χ1n) is 8.09. The maximum atomic E-state index is 12.2. The first-order chi connectivity index (χ1) is 12.3. The van der Waals surface area contributed by atoms with Gasteiger partial charge in [0.1, 0.15) is 0 Å². The lowest BCUT2D eigenvalue weighted by molar-refractivity contribution is -0.113. The van der Waals surface area contributed by atoms with Crippen LogP contribution < -0.4 is 10.6 Å². The summed E-state index contributed by atoms with van der Waals surface area (Å²) >= 11 is 2.69. The Morgan fingerprint density at radius 2 is 1.96 bits per heavy atom. The number of amides is 1. The molecule has 0 radical (unpaired) electrons. The van der Waals surface area contributed by atoms with Crippen LogP contribution in [0.15, 0.2) is 28.6 Å². The summed E-state index contributed by atoms with van der Waals surface area (Å²) in [5, 5.41) is 14.8. The number of anilines is 2. The van der Waals surface area contributed by atoms with Crippen LogP contribution in [-0.4, -0.2) is 40.0 Å². The van der Waals surface area contributed by atoms with E-state index >= 15 is 0 Å². The van der Waals surface area contributed by atoms with Crippen molar-refractivity contribution in [1.82, 2.24) is 10.2 Å². The van der Waals surface area contributed by atoms with E-state index in [-0.39, 0.29) is 23.8 Å². The Kier molecular flexibility index (Phi) is 6.98. The lowest BCUT2D eigenvalue weighted by atomic mass is 10.1. The molecule has 0 atom stereocenters. The summed E-state index contributed by atoms with van der Waals surface area (Å²) in [7, 11) is 0. The number of nitrogens with zero attached hydrogens (tertiary/aromatic N) is 2. The van der Waals surface area contributed by atoms with Gasteiger partial charge in [0.15, 0.2) is 4.34 Å². The molecule has 140 valence electrons. The van der Waals surface area contributed by atoms with Crippen LogP contribution in [0.25, 0.3) is 0 Å². The standard InChI is InChI=1S/C17H22N4O3S2/c1-5-24-14(23)11-8-6-7-9-12(11)18-13(22)10-25-16-21-20-15(26-16)19-17(2,3)4/h6-9H,5,10H2,1-4H3,(H,18,22)(H,19,20). The molecule has 0 spiro atoms. The van der Waals surface area contributed by atoms with Gasteiger partial charge in [0.05, 0.1) is 23.6 Å². The molecule has 0 aliphatic rings. The van der Waals surface area contributed by atoms with Crippen molar-refractivity contribution in [3.63, 3.8) is 0 Å². The van der Waals surface area contributed by atoms with Gasteiger partial charge in [0.25, 0.3) is 0 Å². The Morgan fingerprint density at radius 3 is 2.65 bits per heavy atom. The molecule has 2 N–H and O–H groups in total. The summed E-state index contributed by atoms with van der Waals surface area (Å²) in [6.07, 6.45) is 0. The van der Waals surface area contributed by atoms with Crippen molar-refractivity contribution in [2.24, 2.45) is 0 Å². The number of ether oxygens (including phenoxy) is 1. The topological polar surface area (TPSA) is 93.2 Å². The van der Waals surface area contributed by atoms with Crippen LogP contribution in [0.5, 0.6) is 0 Å². The lowest BCUT2D eigenvalue weighted by Gasteiger charge is -2.18. The maximum absolute atomic E-state index is 12.2. The van der Waals surface area contributed by atoms with Gasteiger partial charge < -0.3 is 15.4 Å². The van der Waals surface area contributed by atoms with E-state index in [2.05, 4.69) is 20.8 Å². The first kappa shape index (κ1) is 20.2. The molecule has 0 fully saturated rings. The van der Waals surface area contributed by atoms with E-state index in [0.717, 1.165) is 0 Å². The molecule has 1 aromatic heterocycles. The molecule has 9 heteroatoms. The monoisotopic (exact) mass is 394 g/mol. The molecule has 0 unspecified atom stereocenters. The molecular formula is C17H22N4O3S2. The van der Waals surface area contributed by atoms with E-state index in [1.165, 1.54) is 23.1 Å². The SMILES string of the molecule is CCOC(=O)c1ccccc1NC(=O)CSc1nnc(NC(C)(C)C)s1. The molecular weight excluding hydrogens is 372 g/mol. The highest BCUT2D eigenvalue weighted by Crippen LogP contribution is 2.27. The second-order valence-corrected chi connectivity index (χ2v) is 8.55. The summed E-state index contributed by atoms with van der Waals surface area (Å²) in [5.74, 6) is -0.522. The number of benzene rings is 1. The molecule has 0 saturated heterocycles. The van der Waals surface area contributed by atoms with Gasteiger partial charge >= 0.3 is 5.97 Å². The fourth-order valence-corrected chi connectivity index (χ4v) is 3.69. The van der Waals surface area contributed by atoms with E-state index in [4.69, 9.17) is 4.74 Å². The number of rotatable bonds is 7. The highest BCUT2D eigenvalue weighted by molar-refractivity contribution is 8.01. The molecule has 0 aliphatic carbocycles. The molecule has 1 amide bonds. The van der Waals surface area contributed by atoms with E-state index in [9.17, 15) is 9.59 Å². The van der Waals surface area contributed by atoms with Crippen LogP contribution in [0, 0.1) is 0 Å². The molecule has 2 aromatic rings. The van der Waals surface area contributed by atoms with Gasteiger partial charge in [-0.1, -0.05) is 35.2 Å². The van der Waals surface area contributed by atoms with E-state index in [1.54, 1.807) is 31.2 Å². The zero-order valence-electron chi connectivity index (χ0n) is 15.2. The molecule has 7 nitrogen and oxygen atoms in total. The third kappa shape index (κ3) is 6.30. The predicted molar refractivity (Wildman–Crippen MR) is 105 cm³/mol. The molecule has 0 aliphatic heterocycles. The van der Waals surface area contributed by atoms with Crippen molar-refractivity contribution in [2.75, 3.05) is 23.0 Å². The smallest absolute Gasteiger partial charge is 0.340 e. The molecule has 0 bridgehead atoms.